The standard InChI is InChI=1S/C23H19ClN2O3/c1-29-18-9-5-8-16(12-18)23(28)26-14-21(27)25-20-13-17(24)10-11-19(20)22(26)15-6-3-2-4-7-15/h2-13,22H,14H2,1H3,(H,25,27). The van der Waals surface area contributed by atoms with Gasteiger partial charge < -0.3 is 15.0 Å². The maximum Gasteiger partial charge on any atom is 0.255 e. The van der Waals surface area contributed by atoms with E-state index in [4.69, 9.17) is 16.3 Å². The Hall–Kier alpha value is -3.31. The third-order valence-electron chi connectivity index (χ3n) is 4.90. The van der Waals surface area contributed by atoms with Gasteiger partial charge in [-0.05, 0) is 35.9 Å². The molecule has 1 unspecified atom stereocenters. The van der Waals surface area contributed by atoms with Gasteiger partial charge in [0.05, 0.1) is 13.2 Å². The van der Waals surface area contributed by atoms with E-state index in [0.717, 1.165) is 11.1 Å². The molecule has 1 atom stereocenters. The summed E-state index contributed by atoms with van der Waals surface area (Å²) in [6, 6.07) is 21.5. The van der Waals surface area contributed by atoms with Gasteiger partial charge >= 0.3 is 0 Å². The summed E-state index contributed by atoms with van der Waals surface area (Å²) in [5.41, 5.74) is 2.78. The fourth-order valence-electron chi connectivity index (χ4n) is 3.58. The zero-order chi connectivity index (χ0) is 20.4. The highest BCUT2D eigenvalue weighted by molar-refractivity contribution is 6.31. The fraction of sp³-hybridized carbons (Fsp3) is 0.130. The van der Waals surface area contributed by atoms with Crippen LogP contribution in [0, 0.1) is 0 Å². The molecule has 0 bridgehead atoms. The number of halogens is 1. The van der Waals surface area contributed by atoms with Crippen LogP contribution in [0.4, 0.5) is 5.69 Å². The molecule has 0 aliphatic carbocycles. The highest BCUT2D eigenvalue weighted by Crippen LogP contribution is 2.37. The van der Waals surface area contributed by atoms with Gasteiger partial charge in [0.1, 0.15) is 12.3 Å². The van der Waals surface area contributed by atoms with Crippen LogP contribution in [0.25, 0.3) is 0 Å². The van der Waals surface area contributed by atoms with E-state index in [2.05, 4.69) is 5.32 Å². The average molecular weight is 407 g/mol. The van der Waals surface area contributed by atoms with Crippen molar-refractivity contribution in [3.8, 4) is 5.75 Å². The van der Waals surface area contributed by atoms with E-state index >= 15 is 0 Å². The third kappa shape index (κ3) is 3.82. The van der Waals surface area contributed by atoms with Gasteiger partial charge in [-0.1, -0.05) is 54.1 Å². The number of fused-ring (bicyclic) bond motifs is 1. The van der Waals surface area contributed by atoms with Crippen molar-refractivity contribution in [1.82, 2.24) is 4.90 Å². The molecule has 3 aromatic carbocycles. The van der Waals surface area contributed by atoms with Crippen molar-refractivity contribution in [3.05, 3.63) is 94.5 Å². The Kier molecular flexibility index (Phi) is 5.23. The number of benzene rings is 3. The number of nitrogens with one attached hydrogen (secondary N) is 1. The molecule has 1 heterocycles. The maximum atomic E-state index is 13.5. The van der Waals surface area contributed by atoms with E-state index in [0.29, 0.717) is 22.0 Å². The Bertz CT molecular complexity index is 1070. The maximum absolute atomic E-state index is 13.5. The molecule has 0 aromatic heterocycles. The first kappa shape index (κ1) is 19.0. The van der Waals surface area contributed by atoms with E-state index in [-0.39, 0.29) is 18.4 Å². The molecule has 1 N–H and O–H groups in total. The molecular formula is C23H19ClN2O3. The molecule has 6 heteroatoms. The van der Waals surface area contributed by atoms with Gasteiger partial charge in [-0.15, -0.1) is 0 Å². The third-order valence-corrected chi connectivity index (χ3v) is 5.14. The summed E-state index contributed by atoms with van der Waals surface area (Å²) in [5.74, 6) is 0.0532. The second-order valence-corrected chi connectivity index (χ2v) is 7.19. The highest BCUT2D eigenvalue weighted by Gasteiger charge is 2.34. The van der Waals surface area contributed by atoms with Crippen LogP contribution >= 0.6 is 11.6 Å². The van der Waals surface area contributed by atoms with E-state index in [9.17, 15) is 9.59 Å². The number of methoxy groups -OCH3 is 1. The van der Waals surface area contributed by atoms with Crippen LogP contribution in [-0.4, -0.2) is 30.4 Å². The highest BCUT2D eigenvalue weighted by atomic mass is 35.5. The van der Waals surface area contributed by atoms with Crippen LogP contribution < -0.4 is 10.1 Å². The topological polar surface area (TPSA) is 58.6 Å². The molecule has 0 spiro atoms. The van der Waals surface area contributed by atoms with Crippen molar-refractivity contribution in [2.24, 2.45) is 0 Å². The largest absolute Gasteiger partial charge is 0.497 e. The van der Waals surface area contributed by atoms with Crippen LogP contribution in [0.5, 0.6) is 5.75 Å². The molecule has 5 nitrogen and oxygen atoms in total. The molecule has 1 aliphatic rings. The summed E-state index contributed by atoms with van der Waals surface area (Å²) in [6.45, 7) is -0.0814. The molecule has 29 heavy (non-hydrogen) atoms. The second-order valence-electron chi connectivity index (χ2n) is 6.76. The minimum absolute atomic E-state index is 0.0814. The summed E-state index contributed by atoms with van der Waals surface area (Å²) >= 11 is 6.15. The van der Waals surface area contributed by atoms with Gasteiger partial charge in [0.2, 0.25) is 5.91 Å². The lowest BCUT2D eigenvalue weighted by molar-refractivity contribution is -0.117. The first-order valence-electron chi connectivity index (χ1n) is 9.16. The number of amides is 2. The quantitative estimate of drug-likeness (QED) is 0.695. The number of anilines is 1. The zero-order valence-corrected chi connectivity index (χ0v) is 16.5. The molecule has 4 rings (SSSR count). The Morgan fingerprint density at radius 1 is 1.07 bits per heavy atom. The van der Waals surface area contributed by atoms with Gasteiger partial charge in [-0.3, -0.25) is 9.59 Å². The van der Waals surface area contributed by atoms with Gasteiger partial charge in [0, 0.05) is 21.8 Å². The van der Waals surface area contributed by atoms with Crippen molar-refractivity contribution in [3.63, 3.8) is 0 Å². The van der Waals surface area contributed by atoms with Crippen molar-refractivity contribution in [2.45, 2.75) is 6.04 Å². The van der Waals surface area contributed by atoms with Crippen LogP contribution in [-0.2, 0) is 4.79 Å². The molecule has 0 saturated heterocycles. The Morgan fingerprint density at radius 2 is 1.86 bits per heavy atom. The molecule has 0 radical (unpaired) electrons. The molecule has 1 aliphatic heterocycles. The van der Waals surface area contributed by atoms with Crippen LogP contribution in [0.1, 0.15) is 27.5 Å². The molecular weight excluding hydrogens is 388 g/mol. The summed E-state index contributed by atoms with van der Waals surface area (Å²) < 4.78 is 5.25. The molecule has 3 aromatic rings. The van der Waals surface area contributed by atoms with Gasteiger partial charge in [-0.2, -0.15) is 0 Å². The SMILES string of the molecule is COc1cccc(C(=O)N2CC(=O)Nc3cc(Cl)ccc3C2c2ccccc2)c1. The number of rotatable bonds is 3. The van der Waals surface area contributed by atoms with Crippen molar-refractivity contribution in [1.29, 1.82) is 0 Å². The Morgan fingerprint density at radius 3 is 2.62 bits per heavy atom. The number of nitrogens with zero attached hydrogens (tertiary/aromatic N) is 1. The molecule has 2 amide bonds. The minimum atomic E-state index is -0.443. The number of hydrogen-bond acceptors (Lipinski definition) is 3. The van der Waals surface area contributed by atoms with Gasteiger partial charge in [0.25, 0.3) is 5.91 Å². The lowest BCUT2D eigenvalue weighted by atomic mass is 9.95. The van der Waals surface area contributed by atoms with Crippen molar-refractivity contribution >= 4 is 29.1 Å². The summed E-state index contributed by atoms with van der Waals surface area (Å²) in [5, 5.41) is 3.40. The van der Waals surface area contributed by atoms with Crippen LogP contribution in [0.15, 0.2) is 72.8 Å². The predicted octanol–water partition coefficient (Wildman–Crippen LogP) is 4.53. The smallest absolute Gasteiger partial charge is 0.255 e. The Labute approximate surface area is 173 Å². The monoisotopic (exact) mass is 406 g/mol. The van der Waals surface area contributed by atoms with E-state index in [1.54, 1.807) is 48.4 Å². The predicted molar refractivity (Wildman–Crippen MR) is 112 cm³/mol. The summed E-state index contributed by atoms with van der Waals surface area (Å²) in [6.07, 6.45) is 0. The fourth-order valence-corrected chi connectivity index (χ4v) is 3.76. The van der Waals surface area contributed by atoms with Crippen LogP contribution in [0.2, 0.25) is 5.02 Å². The lowest BCUT2D eigenvalue weighted by Crippen LogP contribution is -2.39. The number of carbonyl (C=O) groups excluding carboxylic acids is 2. The Balaban J connectivity index is 1.86. The summed E-state index contributed by atoms with van der Waals surface area (Å²) in [4.78, 5) is 27.7. The number of carbonyl (C=O) groups is 2. The number of ether oxygens (including phenoxy) is 1. The first-order chi connectivity index (χ1) is 14.1. The van der Waals surface area contributed by atoms with Crippen molar-refractivity contribution in [2.75, 3.05) is 19.0 Å². The average Bonchev–Trinajstić information content (AvgIpc) is 2.89. The van der Waals surface area contributed by atoms with E-state index in [1.807, 2.05) is 36.4 Å². The second kappa shape index (κ2) is 7.97. The zero-order valence-electron chi connectivity index (χ0n) is 15.8. The van der Waals surface area contributed by atoms with E-state index < -0.39 is 6.04 Å². The van der Waals surface area contributed by atoms with Crippen LogP contribution in [0.3, 0.4) is 0 Å². The first-order valence-corrected chi connectivity index (χ1v) is 9.54. The molecule has 146 valence electrons. The van der Waals surface area contributed by atoms with Gasteiger partial charge in [-0.25, -0.2) is 0 Å². The molecule has 0 saturated carbocycles. The van der Waals surface area contributed by atoms with E-state index in [1.165, 1.54) is 0 Å². The van der Waals surface area contributed by atoms with Gasteiger partial charge in [0.15, 0.2) is 0 Å². The molecule has 0 fully saturated rings. The lowest BCUT2D eigenvalue weighted by Gasteiger charge is -2.30. The normalized spacial score (nSPS) is 15.9. The van der Waals surface area contributed by atoms with Crippen molar-refractivity contribution < 1.29 is 14.3 Å². The summed E-state index contributed by atoms with van der Waals surface area (Å²) in [7, 11) is 1.55. The minimum Gasteiger partial charge on any atom is -0.497 e. The number of hydrogen-bond donors (Lipinski definition) is 1.